The number of carbonyl (C=O) groups excluding carboxylic acids is 1. The maximum absolute atomic E-state index is 11.8. The largest absolute Gasteiger partial charge is 0.316 e. The first kappa shape index (κ1) is 12.1. The molecule has 17 heavy (non-hydrogen) atoms. The summed E-state index contributed by atoms with van der Waals surface area (Å²) >= 11 is 1.26. The molecule has 0 radical (unpaired) electrons. The van der Waals surface area contributed by atoms with E-state index in [-0.39, 0.29) is 17.4 Å². The second-order valence-electron chi connectivity index (χ2n) is 3.86. The second-order valence-corrected chi connectivity index (χ2v) is 7.01. The third-order valence-electron chi connectivity index (χ3n) is 2.63. The first-order valence-corrected chi connectivity index (χ1v) is 7.71. The minimum atomic E-state index is -3.06. The average molecular weight is 270 g/mol. The summed E-state index contributed by atoms with van der Waals surface area (Å²) in [7, 11) is -3.06. The quantitative estimate of drug-likeness (QED) is 0.868. The van der Waals surface area contributed by atoms with Crippen LogP contribution in [0.2, 0.25) is 0 Å². The number of amides is 1. The lowest BCUT2D eigenvalue weighted by Gasteiger charge is -2.07. The zero-order valence-electron chi connectivity index (χ0n) is 8.84. The number of anilines is 1. The van der Waals surface area contributed by atoms with Crippen LogP contribution in [0.5, 0.6) is 0 Å². The number of nitrogens with one attached hydrogen (secondary N) is 1. The van der Waals surface area contributed by atoms with E-state index in [9.17, 15) is 13.2 Å². The maximum Gasteiger partial charge on any atom is 0.229 e. The zero-order valence-corrected chi connectivity index (χ0v) is 10.5. The van der Waals surface area contributed by atoms with Crippen LogP contribution in [0.25, 0.3) is 0 Å². The topological polar surface area (TPSA) is 87.0 Å². The molecule has 2 rings (SSSR count). The monoisotopic (exact) mass is 270 g/mol. The molecule has 0 spiro atoms. The summed E-state index contributed by atoms with van der Waals surface area (Å²) in [5.74, 6) is -0.828. The van der Waals surface area contributed by atoms with Crippen LogP contribution in [0.4, 0.5) is 5.00 Å². The summed E-state index contributed by atoms with van der Waals surface area (Å²) < 4.78 is 22.5. The highest BCUT2D eigenvalue weighted by Crippen LogP contribution is 2.25. The van der Waals surface area contributed by atoms with Crippen LogP contribution in [0, 0.1) is 17.2 Å². The Bertz CT molecular complexity index is 583. The van der Waals surface area contributed by atoms with Gasteiger partial charge in [-0.15, -0.1) is 11.3 Å². The van der Waals surface area contributed by atoms with Crippen LogP contribution in [-0.2, 0) is 14.6 Å². The first-order chi connectivity index (χ1) is 8.02. The first-order valence-electron chi connectivity index (χ1n) is 5.01. The molecule has 0 aromatic carbocycles. The lowest BCUT2D eigenvalue weighted by Crippen LogP contribution is -2.23. The van der Waals surface area contributed by atoms with Gasteiger partial charge in [0.2, 0.25) is 5.91 Å². The van der Waals surface area contributed by atoms with E-state index in [1.807, 2.05) is 6.07 Å². The van der Waals surface area contributed by atoms with E-state index >= 15 is 0 Å². The highest BCUT2D eigenvalue weighted by atomic mass is 32.2. The smallest absolute Gasteiger partial charge is 0.229 e. The Labute approximate surface area is 103 Å². The fourth-order valence-corrected chi connectivity index (χ4v) is 4.19. The van der Waals surface area contributed by atoms with E-state index in [2.05, 4.69) is 5.32 Å². The van der Waals surface area contributed by atoms with Crippen molar-refractivity contribution in [1.82, 2.24) is 0 Å². The van der Waals surface area contributed by atoms with Crippen molar-refractivity contribution in [3.8, 4) is 6.07 Å². The van der Waals surface area contributed by atoms with Gasteiger partial charge in [-0.25, -0.2) is 8.42 Å². The lowest BCUT2D eigenvalue weighted by atomic mass is 10.1. The molecular formula is C10H10N2O3S2. The predicted octanol–water partition coefficient (Wildman–Crippen LogP) is 0.993. The molecule has 5 nitrogen and oxygen atoms in total. The van der Waals surface area contributed by atoms with E-state index in [1.54, 1.807) is 11.4 Å². The van der Waals surface area contributed by atoms with Crippen molar-refractivity contribution in [3.63, 3.8) is 0 Å². The van der Waals surface area contributed by atoms with Gasteiger partial charge in [0.05, 0.1) is 23.0 Å². The molecule has 2 heterocycles. The summed E-state index contributed by atoms with van der Waals surface area (Å²) in [6, 6.07) is 3.58. The molecule has 1 amide bonds. The molecule has 1 aromatic heterocycles. The number of nitrogens with zero attached hydrogens (tertiary/aromatic N) is 1. The summed E-state index contributed by atoms with van der Waals surface area (Å²) in [5.41, 5.74) is 0.407. The minimum absolute atomic E-state index is 0.0701. The van der Waals surface area contributed by atoms with Gasteiger partial charge in [-0.3, -0.25) is 4.79 Å². The molecule has 1 aliphatic heterocycles. The van der Waals surface area contributed by atoms with Crippen LogP contribution < -0.4 is 5.32 Å². The number of hydrogen-bond donors (Lipinski definition) is 1. The van der Waals surface area contributed by atoms with Gasteiger partial charge < -0.3 is 5.32 Å². The van der Waals surface area contributed by atoms with E-state index in [0.717, 1.165) is 0 Å². The third kappa shape index (κ3) is 2.65. The molecule has 90 valence electrons. The molecule has 0 bridgehead atoms. The van der Waals surface area contributed by atoms with Crippen LogP contribution in [-0.4, -0.2) is 25.8 Å². The molecular weight excluding hydrogens is 260 g/mol. The normalized spacial score (nSPS) is 21.9. The number of carbonyl (C=O) groups is 1. The Balaban J connectivity index is 2.06. The molecule has 1 aliphatic rings. The van der Waals surface area contributed by atoms with Gasteiger partial charge in [-0.1, -0.05) is 0 Å². The summed E-state index contributed by atoms with van der Waals surface area (Å²) in [5, 5.41) is 13.6. The third-order valence-corrected chi connectivity index (χ3v) is 5.22. The van der Waals surface area contributed by atoms with E-state index < -0.39 is 15.8 Å². The predicted molar refractivity (Wildman–Crippen MR) is 64.4 cm³/mol. The van der Waals surface area contributed by atoms with Crippen LogP contribution >= 0.6 is 11.3 Å². The van der Waals surface area contributed by atoms with E-state index in [0.29, 0.717) is 17.0 Å². The molecule has 0 unspecified atom stereocenters. The van der Waals surface area contributed by atoms with Gasteiger partial charge >= 0.3 is 0 Å². The molecule has 1 saturated heterocycles. The van der Waals surface area contributed by atoms with Crippen molar-refractivity contribution in [2.45, 2.75) is 6.42 Å². The standard InChI is InChI=1S/C10H10N2O3S2/c11-5-7-1-3-16-10(7)12-9(13)8-2-4-17(14,15)6-8/h1,3,8H,2,4,6H2,(H,12,13)/t8-/m1/s1. The number of thiophene rings is 1. The molecule has 0 saturated carbocycles. The van der Waals surface area contributed by atoms with Crippen molar-refractivity contribution in [2.24, 2.45) is 5.92 Å². The fourth-order valence-electron chi connectivity index (χ4n) is 1.71. The SMILES string of the molecule is N#Cc1ccsc1NC(=O)[C@@H]1CCS(=O)(=O)C1. The van der Waals surface area contributed by atoms with Crippen molar-refractivity contribution in [1.29, 1.82) is 5.26 Å². The van der Waals surface area contributed by atoms with Crippen molar-refractivity contribution in [3.05, 3.63) is 17.0 Å². The molecule has 1 aromatic rings. The summed E-state index contributed by atoms with van der Waals surface area (Å²) in [4.78, 5) is 11.8. The van der Waals surface area contributed by atoms with Gasteiger partial charge in [-0.05, 0) is 17.9 Å². The zero-order chi connectivity index (χ0) is 12.5. The molecule has 7 heteroatoms. The highest BCUT2D eigenvalue weighted by molar-refractivity contribution is 7.91. The number of rotatable bonds is 2. The Kier molecular flexibility index (Phi) is 3.17. The molecule has 1 N–H and O–H groups in total. The van der Waals surface area contributed by atoms with Gasteiger partial charge in [-0.2, -0.15) is 5.26 Å². The van der Waals surface area contributed by atoms with Crippen molar-refractivity contribution < 1.29 is 13.2 Å². The van der Waals surface area contributed by atoms with Gasteiger partial charge in [0, 0.05) is 0 Å². The van der Waals surface area contributed by atoms with Gasteiger partial charge in [0.15, 0.2) is 9.84 Å². The summed E-state index contributed by atoms with van der Waals surface area (Å²) in [6.45, 7) is 0. The van der Waals surface area contributed by atoms with Gasteiger partial charge in [0.25, 0.3) is 0 Å². The van der Waals surface area contributed by atoms with Crippen molar-refractivity contribution in [2.75, 3.05) is 16.8 Å². The Morgan fingerprint density at radius 3 is 2.94 bits per heavy atom. The Hall–Kier alpha value is -1.39. The van der Waals surface area contributed by atoms with E-state index in [1.165, 1.54) is 11.3 Å². The number of hydrogen-bond acceptors (Lipinski definition) is 5. The number of sulfone groups is 1. The van der Waals surface area contributed by atoms with Crippen LogP contribution in [0.15, 0.2) is 11.4 Å². The molecule has 0 aliphatic carbocycles. The Morgan fingerprint density at radius 2 is 2.35 bits per heavy atom. The van der Waals surface area contributed by atoms with Crippen LogP contribution in [0.3, 0.4) is 0 Å². The lowest BCUT2D eigenvalue weighted by molar-refractivity contribution is -0.119. The summed E-state index contributed by atoms with van der Waals surface area (Å²) in [6.07, 6.45) is 0.363. The van der Waals surface area contributed by atoms with Crippen molar-refractivity contribution >= 4 is 32.1 Å². The second kappa shape index (κ2) is 4.47. The fraction of sp³-hybridized carbons (Fsp3) is 0.400. The van der Waals surface area contributed by atoms with Crippen LogP contribution in [0.1, 0.15) is 12.0 Å². The molecule has 1 fully saturated rings. The van der Waals surface area contributed by atoms with Gasteiger partial charge in [0.1, 0.15) is 11.1 Å². The van der Waals surface area contributed by atoms with E-state index in [4.69, 9.17) is 5.26 Å². The maximum atomic E-state index is 11.8. The highest BCUT2D eigenvalue weighted by Gasteiger charge is 2.33. The minimum Gasteiger partial charge on any atom is -0.316 e. The molecule has 1 atom stereocenters. The average Bonchev–Trinajstić information content (AvgIpc) is 2.84. The number of nitriles is 1. The Morgan fingerprint density at radius 1 is 1.59 bits per heavy atom.